The van der Waals surface area contributed by atoms with E-state index in [4.69, 9.17) is 15.6 Å². The second-order valence-corrected chi connectivity index (χ2v) is 7.17. The zero-order valence-corrected chi connectivity index (χ0v) is 14.4. The van der Waals surface area contributed by atoms with Crippen LogP contribution in [0.5, 0.6) is 0 Å². The maximum atomic E-state index is 11.3. The average molecular weight is 364 g/mol. The molecule has 0 aliphatic carbocycles. The Hall–Kier alpha value is -2.43. The van der Waals surface area contributed by atoms with Crippen molar-refractivity contribution in [1.29, 1.82) is 0 Å². The summed E-state index contributed by atoms with van der Waals surface area (Å²) in [6.07, 6.45) is 0. The molecule has 1 aromatic heterocycles. The van der Waals surface area contributed by atoms with E-state index in [0.29, 0.717) is 25.6 Å². The van der Waals surface area contributed by atoms with Gasteiger partial charge in [-0.1, -0.05) is 12.1 Å². The highest BCUT2D eigenvalue weighted by Gasteiger charge is 2.14. The van der Waals surface area contributed by atoms with E-state index in [2.05, 4.69) is 20.2 Å². The van der Waals surface area contributed by atoms with Gasteiger partial charge in [0.25, 0.3) is 0 Å². The smallest absolute Gasteiger partial charge is 0.238 e. The van der Waals surface area contributed by atoms with Crippen LogP contribution >= 0.6 is 0 Å². The number of hydrogen-bond donors (Lipinski definition) is 3. The Morgan fingerprint density at radius 3 is 2.48 bits per heavy atom. The summed E-state index contributed by atoms with van der Waals surface area (Å²) in [7, 11) is -3.68. The maximum absolute atomic E-state index is 11.3. The third kappa shape index (κ3) is 4.56. The molecule has 0 bridgehead atoms. The summed E-state index contributed by atoms with van der Waals surface area (Å²) in [5, 5.41) is 8.26. The summed E-state index contributed by atoms with van der Waals surface area (Å²) < 4.78 is 27.9. The molecule has 1 aromatic carbocycles. The van der Waals surface area contributed by atoms with Gasteiger partial charge in [0.2, 0.25) is 16.0 Å². The van der Waals surface area contributed by atoms with E-state index >= 15 is 0 Å². The number of nitrogens with two attached hydrogens (primary N) is 2. The summed E-state index contributed by atoms with van der Waals surface area (Å²) in [5.41, 5.74) is 6.69. The molecule has 1 saturated heterocycles. The van der Waals surface area contributed by atoms with Crippen LogP contribution in [-0.4, -0.2) is 44.7 Å². The molecule has 0 amide bonds. The second kappa shape index (κ2) is 7.21. The fourth-order valence-corrected chi connectivity index (χ4v) is 3.00. The van der Waals surface area contributed by atoms with Gasteiger partial charge in [-0.15, -0.1) is 0 Å². The van der Waals surface area contributed by atoms with Gasteiger partial charge >= 0.3 is 0 Å². The molecule has 0 radical (unpaired) electrons. The van der Waals surface area contributed by atoms with E-state index in [1.54, 1.807) is 12.1 Å². The van der Waals surface area contributed by atoms with Crippen molar-refractivity contribution in [3.63, 3.8) is 0 Å². The van der Waals surface area contributed by atoms with E-state index in [0.717, 1.165) is 24.5 Å². The van der Waals surface area contributed by atoms with E-state index < -0.39 is 10.0 Å². The third-order valence-electron chi connectivity index (χ3n) is 3.79. The second-order valence-electron chi connectivity index (χ2n) is 5.61. The Labute approximate surface area is 146 Å². The molecule has 1 aliphatic heterocycles. The van der Waals surface area contributed by atoms with Crippen molar-refractivity contribution < 1.29 is 13.2 Å². The molecule has 0 spiro atoms. The van der Waals surface area contributed by atoms with Crippen molar-refractivity contribution in [2.75, 3.05) is 42.3 Å². The molecule has 5 N–H and O–H groups in total. The number of nitrogens with one attached hydrogen (secondary N) is 1. The normalized spacial score (nSPS) is 15.2. The van der Waals surface area contributed by atoms with Gasteiger partial charge < -0.3 is 20.7 Å². The predicted octanol–water partition coefficient (Wildman–Crippen LogP) is 0.155. The van der Waals surface area contributed by atoms with Crippen LogP contribution in [0, 0.1) is 0 Å². The molecule has 0 atom stereocenters. The van der Waals surface area contributed by atoms with E-state index in [1.165, 1.54) is 12.1 Å². The molecule has 10 heteroatoms. The van der Waals surface area contributed by atoms with Gasteiger partial charge in [0.1, 0.15) is 11.6 Å². The van der Waals surface area contributed by atoms with Gasteiger partial charge in [-0.3, -0.25) is 0 Å². The highest BCUT2D eigenvalue weighted by Crippen LogP contribution is 2.19. The minimum Gasteiger partial charge on any atom is -0.378 e. The van der Waals surface area contributed by atoms with Crippen LogP contribution in [0.2, 0.25) is 0 Å². The first-order valence-electron chi connectivity index (χ1n) is 7.75. The Bertz CT molecular complexity index is 835. The molecule has 0 saturated carbocycles. The Balaban J connectivity index is 1.69. The highest BCUT2D eigenvalue weighted by atomic mass is 32.2. The van der Waals surface area contributed by atoms with Crippen molar-refractivity contribution in [3.05, 3.63) is 35.9 Å². The summed E-state index contributed by atoms with van der Waals surface area (Å²) in [6.45, 7) is 3.28. The first-order valence-corrected chi connectivity index (χ1v) is 9.29. The lowest BCUT2D eigenvalue weighted by Gasteiger charge is -2.28. The number of benzene rings is 1. The number of aromatic nitrogens is 2. The number of primary sulfonamides is 1. The summed E-state index contributed by atoms with van der Waals surface area (Å²) >= 11 is 0. The number of ether oxygens (including phenoxy) is 1. The Morgan fingerprint density at radius 1 is 1.16 bits per heavy atom. The number of nitrogens with zero attached hydrogens (tertiary/aromatic N) is 3. The SMILES string of the molecule is Nc1nc(NCc2ccc(S(N)(=O)=O)cc2)cc(N2CCOCC2)n1. The molecule has 2 aromatic rings. The van der Waals surface area contributed by atoms with Crippen molar-refractivity contribution in [1.82, 2.24) is 9.97 Å². The number of rotatable bonds is 5. The van der Waals surface area contributed by atoms with Crippen LogP contribution in [0.1, 0.15) is 5.56 Å². The van der Waals surface area contributed by atoms with Crippen LogP contribution < -0.4 is 21.1 Å². The van der Waals surface area contributed by atoms with Crippen LogP contribution in [0.3, 0.4) is 0 Å². The average Bonchev–Trinajstić information content (AvgIpc) is 2.60. The number of nitrogen functional groups attached to an aromatic ring is 1. The molecular weight excluding hydrogens is 344 g/mol. The Kier molecular flexibility index (Phi) is 5.02. The first kappa shape index (κ1) is 17.4. The van der Waals surface area contributed by atoms with Gasteiger partial charge in [-0.2, -0.15) is 9.97 Å². The van der Waals surface area contributed by atoms with Crippen molar-refractivity contribution in [3.8, 4) is 0 Å². The maximum Gasteiger partial charge on any atom is 0.238 e. The van der Waals surface area contributed by atoms with E-state index in [-0.39, 0.29) is 10.8 Å². The van der Waals surface area contributed by atoms with E-state index in [1.807, 2.05) is 6.07 Å². The zero-order valence-electron chi connectivity index (χ0n) is 13.6. The van der Waals surface area contributed by atoms with Crippen LogP contribution in [0.25, 0.3) is 0 Å². The summed E-state index contributed by atoms with van der Waals surface area (Å²) in [5.74, 6) is 1.54. The number of hydrogen-bond acceptors (Lipinski definition) is 8. The highest BCUT2D eigenvalue weighted by molar-refractivity contribution is 7.89. The van der Waals surface area contributed by atoms with Crippen LogP contribution in [0.4, 0.5) is 17.6 Å². The van der Waals surface area contributed by atoms with Gasteiger partial charge in [0.15, 0.2) is 0 Å². The van der Waals surface area contributed by atoms with Crippen LogP contribution in [-0.2, 0) is 21.3 Å². The van der Waals surface area contributed by atoms with Crippen LogP contribution in [0.15, 0.2) is 35.2 Å². The Morgan fingerprint density at radius 2 is 1.84 bits per heavy atom. The lowest BCUT2D eigenvalue weighted by atomic mass is 10.2. The van der Waals surface area contributed by atoms with Crippen molar-refractivity contribution in [2.24, 2.45) is 5.14 Å². The minimum atomic E-state index is -3.68. The lowest BCUT2D eigenvalue weighted by molar-refractivity contribution is 0.122. The molecule has 25 heavy (non-hydrogen) atoms. The van der Waals surface area contributed by atoms with Gasteiger partial charge in [0.05, 0.1) is 18.1 Å². The van der Waals surface area contributed by atoms with E-state index in [9.17, 15) is 8.42 Å². The fourth-order valence-electron chi connectivity index (χ4n) is 2.49. The summed E-state index contributed by atoms with van der Waals surface area (Å²) in [6, 6.07) is 8.17. The van der Waals surface area contributed by atoms with Gasteiger partial charge in [-0.25, -0.2) is 13.6 Å². The molecule has 1 aliphatic rings. The number of sulfonamides is 1. The molecule has 1 fully saturated rings. The zero-order chi connectivity index (χ0) is 17.9. The minimum absolute atomic E-state index is 0.0807. The first-order chi connectivity index (χ1) is 11.9. The fraction of sp³-hybridized carbons (Fsp3) is 0.333. The third-order valence-corrected chi connectivity index (χ3v) is 4.72. The predicted molar refractivity (Wildman–Crippen MR) is 94.6 cm³/mol. The van der Waals surface area contributed by atoms with Gasteiger partial charge in [-0.05, 0) is 17.7 Å². The molecule has 2 heterocycles. The summed E-state index contributed by atoms with van der Waals surface area (Å²) in [4.78, 5) is 10.6. The topological polar surface area (TPSA) is 136 Å². The monoisotopic (exact) mass is 364 g/mol. The van der Waals surface area contributed by atoms with Gasteiger partial charge in [0, 0.05) is 25.7 Å². The lowest BCUT2D eigenvalue weighted by Crippen LogP contribution is -2.37. The molecule has 3 rings (SSSR count). The van der Waals surface area contributed by atoms with Crippen molar-refractivity contribution in [2.45, 2.75) is 11.4 Å². The molecule has 9 nitrogen and oxygen atoms in total. The largest absolute Gasteiger partial charge is 0.378 e. The number of morpholine rings is 1. The molecular formula is C15H20N6O3S. The molecule has 0 unspecified atom stereocenters. The molecule has 134 valence electrons. The standard InChI is InChI=1S/C15H20N6O3S/c16-15-19-13(9-14(20-15)21-5-7-24-8-6-21)18-10-11-1-3-12(4-2-11)25(17,22)23/h1-4,9H,5-8,10H2,(H2,17,22,23)(H3,16,18,19,20). The number of anilines is 3. The van der Waals surface area contributed by atoms with Crippen molar-refractivity contribution >= 4 is 27.6 Å². The quantitative estimate of drug-likeness (QED) is 0.682.